The molecule has 2 amide bonds. The van der Waals surface area contributed by atoms with Crippen LogP contribution in [0.1, 0.15) is 54.9 Å². The van der Waals surface area contributed by atoms with Crippen LogP contribution in [0.2, 0.25) is 0 Å². The maximum atomic E-state index is 12.5. The normalized spacial score (nSPS) is 16.5. The molecule has 2 rings (SSSR count). The maximum absolute atomic E-state index is 12.5. The third-order valence-corrected chi connectivity index (χ3v) is 5.67. The predicted octanol–water partition coefficient (Wildman–Crippen LogP) is 2.44. The summed E-state index contributed by atoms with van der Waals surface area (Å²) < 4.78 is 4.94. The first-order valence-corrected chi connectivity index (χ1v) is 10.3. The molecule has 1 aliphatic carbocycles. The van der Waals surface area contributed by atoms with Crippen LogP contribution >= 0.6 is 11.3 Å². The lowest BCUT2D eigenvalue weighted by Gasteiger charge is -2.23. The number of anilines is 1. The number of nitrogens with zero attached hydrogens (tertiary/aromatic N) is 1. The van der Waals surface area contributed by atoms with Crippen LogP contribution in [0.5, 0.6) is 0 Å². The van der Waals surface area contributed by atoms with E-state index >= 15 is 0 Å². The van der Waals surface area contributed by atoms with E-state index in [4.69, 9.17) is 4.74 Å². The fourth-order valence-electron chi connectivity index (χ4n) is 3.33. The first-order valence-electron chi connectivity index (χ1n) is 9.52. The Balaban J connectivity index is 2.05. The third kappa shape index (κ3) is 6.04. The van der Waals surface area contributed by atoms with Gasteiger partial charge in [0, 0.05) is 10.4 Å². The van der Waals surface area contributed by atoms with Gasteiger partial charge in [-0.15, -0.1) is 11.3 Å². The number of thiophene rings is 1. The minimum absolute atomic E-state index is 0.0527. The van der Waals surface area contributed by atoms with Gasteiger partial charge in [0.05, 0.1) is 25.8 Å². The summed E-state index contributed by atoms with van der Waals surface area (Å²) in [6.45, 7) is 8.09. The van der Waals surface area contributed by atoms with Gasteiger partial charge in [0.1, 0.15) is 5.00 Å². The van der Waals surface area contributed by atoms with Crippen molar-refractivity contribution in [2.24, 2.45) is 5.92 Å². The minimum Gasteiger partial charge on any atom is -0.465 e. The van der Waals surface area contributed by atoms with Crippen LogP contribution in [0.4, 0.5) is 5.00 Å². The van der Waals surface area contributed by atoms with Gasteiger partial charge in [-0.1, -0.05) is 6.92 Å². The molecule has 0 aliphatic heterocycles. The summed E-state index contributed by atoms with van der Waals surface area (Å²) in [5, 5.41) is 6.27. The van der Waals surface area contributed by atoms with E-state index in [0.717, 1.165) is 29.7 Å². The molecule has 0 aromatic carbocycles. The number of hydrogen-bond donors (Lipinski definition) is 2. The highest BCUT2D eigenvalue weighted by Crippen LogP contribution is 2.40. The van der Waals surface area contributed by atoms with Crippen LogP contribution in [0.15, 0.2) is 0 Å². The lowest BCUT2D eigenvalue weighted by Crippen LogP contribution is -2.46. The fourth-order valence-corrected chi connectivity index (χ4v) is 4.74. The SMILES string of the molecule is COC(=O)c1c(NC(=O)CN(C)CC(=O)NC(C)(C)C)sc2c1CC[C@@H](C)C2. The molecular formula is C20H31N3O4S. The molecule has 0 fully saturated rings. The van der Waals surface area contributed by atoms with Crippen LogP contribution in [0.3, 0.4) is 0 Å². The van der Waals surface area contributed by atoms with Crippen molar-refractivity contribution in [2.45, 2.75) is 52.5 Å². The van der Waals surface area contributed by atoms with Crippen LogP contribution in [-0.2, 0) is 27.2 Å². The second-order valence-electron chi connectivity index (χ2n) is 8.57. The molecule has 1 aromatic rings. The van der Waals surface area contributed by atoms with Crippen molar-refractivity contribution in [1.82, 2.24) is 10.2 Å². The number of carbonyl (C=O) groups excluding carboxylic acids is 3. The first-order chi connectivity index (χ1) is 13.0. The smallest absolute Gasteiger partial charge is 0.341 e. The van der Waals surface area contributed by atoms with Crippen molar-refractivity contribution < 1.29 is 19.1 Å². The Hall–Kier alpha value is -1.93. The molecule has 7 nitrogen and oxygen atoms in total. The molecule has 2 N–H and O–H groups in total. The number of nitrogens with one attached hydrogen (secondary N) is 2. The summed E-state index contributed by atoms with van der Waals surface area (Å²) in [4.78, 5) is 39.6. The van der Waals surface area contributed by atoms with Crippen molar-refractivity contribution in [3.63, 3.8) is 0 Å². The second-order valence-corrected chi connectivity index (χ2v) is 9.67. The molecule has 1 heterocycles. The molecule has 28 heavy (non-hydrogen) atoms. The van der Waals surface area contributed by atoms with Gasteiger partial charge >= 0.3 is 5.97 Å². The van der Waals surface area contributed by atoms with Crippen molar-refractivity contribution in [1.29, 1.82) is 0 Å². The summed E-state index contributed by atoms with van der Waals surface area (Å²) in [5.74, 6) is -0.255. The average Bonchev–Trinajstić information content (AvgIpc) is 2.88. The lowest BCUT2D eigenvalue weighted by molar-refractivity contribution is -0.124. The Bertz CT molecular complexity index is 751. The average molecular weight is 410 g/mol. The number of hydrogen-bond acceptors (Lipinski definition) is 6. The number of ether oxygens (including phenoxy) is 1. The molecule has 1 aromatic heterocycles. The van der Waals surface area contributed by atoms with Crippen molar-refractivity contribution in [3.8, 4) is 0 Å². The molecule has 1 atom stereocenters. The molecule has 8 heteroatoms. The van der Waals surface area contributed by atoms with Gasteiger partial charge in [0.15, 0.2) is 0 Å². The topological polar surface area (TPSA) is 87.7 Å². The first kappa shape index (κ1) is 22.4. The molecule has 0 spiro atoms. The standard InChI is InChI=1S/C20H31N3O4S/c1-12-7-8-13-14(9-12)28-18(17(13)19(26)27-6)21-15(24)10-23(5)11-16(25)22-20(2,3)4/h12H,7-11H2,1-6H3,(H,21,24)(H,22,25)/t12-/m1/s1. The van der Waals surface area contributed by atoms with E-state index in [2.05, 4.69) is 17.6 Å². The Morgan fingerprint density at radius 3 is 2.46 bits per heavy atom. The fraction of sp³-hybridized carbons (Fsp3) is 0.650. The Labute approximate surface area is 170 Å². The Morgan fingerprint density at radius 2 is 1.86 bits per heavy atom. The van der Waals surface area contributed by atoms with Gasteiger partial charge in [0.25, 0.3) is 0 Å². The van der Waals surface area contributed by atoms with Crippen molar-refractivity contribution >= 4 is 34.1 Å². The van der Waals surface area contributed by atoms with Gasteiger partial charge in [-0.05, 0) is 58.6 Å². The highest BCUT2D eigenvalue weighted by molar-refractivity contribution is 7.17. The van der Waals surface area contributed by atoms with Crippen LogP contribution in [-0.4, -0.2) is 55.5 Å². The zero-order chi connectivity index (χ0) is 21.1. The van der Waals surface area contributed by atoms with Gasteiger partial charge in [-0.3, -0.25) is 14.5 Å². The quantitative estimate of drug-likeness (QED) is 0.705. The maximum Gasteiger partial charge on any atom is 0.341 e. The number of amides is 2. The largest absolute Gasteiger partial charge is 0.465 e. The van der Waals surface area contributed by atoms with Gasteiger partial charge in [0.2, 0.25) is 11.8 Å². The van der Waals surface area contributed by atoms with E-state index in [1.165, 1.54) is 18.4 Å². The van der Waals surface area contributed by atoms with E-state index in [0.29, 0.717) is 16.5 Å². The zero-order valence-electron chi connectivity index (χ0n) is 17.6. The van der Waals surface area contributed by atoms with E-state index in [1.807, 2.05) is 20.8 Å². The Morgan fingerprint density at radius 1 is 1.21 bits per heavy atom. The summed E-state index contributed by atoms with van der Waals surface area (Å²) in [7, 11) is 3.06. The summed E-state index contributed by atoms with van der Waals surface area (Å²) in [6.07, 6.45) is 2.75. The van der Waals surface area contributed by atoms with E-state index in [-0.39, 0.29) is 30.4 Å². The van der Waals surface area contributed by atoms with Gasteiger partial charge < -0.3 is 15.4 Å². The minimum atomic E-state index is -0.416. The third-order valence-electron chi connectivity index (χ3n) is 4.50. The molecule has 0 bridgehead atoms. The Kier molecular flexibility index (Phi) is 7.22. The summed E-state index contributed by atoms with van der Waals surface area (Å²) in [6, 6.07) is 0. The summed E-state index contributed by atoms with van der Waals surface area (Å²) in [5.41, 5.74) is 1.17. The van der Waals surface area contributed by atoms with E-state index in [1.54, 1.807) is 11.9 Å². The summed E-state index contributed by atoms with van der Waals surface area (Å²) >= 11 is 1.46. The number of likely N-dealkylation sites (N-methyl/N-ethyl adjacent to an activating group) is 1. The highest BCUT2D eigenvalue weighted by atomic mass is 32.1. The lowest BCUT2D eigenvalue weighted by atomic mass is 9.88. The predicted molar refractivity (Wildman–Crippen MR) is 111 cm³/mol. The van der Waals surface area contributed by atoms with Crippen molar-refractivity contribution in [3.05, 3.63) is 16.0 Å². The molecule has 1 aliphatic rings. The van der Waals surface area contributed by atoms with Gasteiger partial charge in [-0.25, -0.2) is 4.79 Å². The molecule has 0 radical (unpaired) electrons. The van der Waals surface area contributed by atoms with Crippen LogP contribution in [0, 0.1) is 5.92 Å². The number of rotatable bonds is 6. The number of carbonyl (C=O) groups is 3. The monoisotopic (exact) mass is 409 g/mol. The molecule has 0 unspecified atom stereocenters. The van der Waals surface area contributed by atoms with Crippen LogP contribution in [0.25, 0.3) is 0 Å². The van der Waals surface area contributed by atoms with Crippen LogP contribution < -0.4 is 10.6 Å². The molecule has 0 saturated heterocycles. The number of fused-ring (bicyclic) bond motifs is 1. The molecule has 156 valence electrons. The zero-order valence-corrected chi connectivity index (χ0v) is 18.4. The van der Waals surface area contributed by atoms with Gasteiger partial charge in [-0.2, -0.15) is 0 Å². The number of methoxy groups -OCH3 is 1. The highest BCUT2D eigenvalue weighted by Gasteiger charge is 2.29. The van der Waals surface area contributed by atoms with E-state index in [9.17, 15) is 14.4 Å². The second kappa shape index (κ2) is 9.05. The molecule has 0 saturated carbocycles. The number of esters is 1. The van der Waals surface area contributed by atoms with E-state index < -0.39 is 5.97 Å². The van der Waals surface area contributed by atoms with Crippen molar-refractivity contribution in [2.75, 3.05) is 32.6 Å². The molecular weight excluding hydrogens is 378 g/mol.